The monoisotopic (exact) mass is 222 g/mol. The fourth-order valence-electron chi connectivity index (χ4n) is 1.30. The molecular weight excluding hydrogens is 212 g/mol. The van der Waals surface area contributed by atoms with Crippen LogP contribution >= 0.6 is 0 Å². The molecule has 1 aliphatic heterocycles. The molecule has 1 unspecified atom stereocenters. The summed E-state index contributed by atoms with van der Waals surface area (Å²) in [6, 6.07) is 3.41. The Kier molecular flexibility index (Phi) is 3.05. The Morgan fingerprint density at radius 2 is 2.44 bits per heavy atom. The number of carbonyl (C=O) groups is 2. The van der Waals surface area contributed by atoms with E-state index in [4.69, 9.17) is 9.15 Å². The highest BCUT2D eigenvalue weighted by atomic mass is 16.6. The number of cyclic esters (lactones) is 1. The summed E-state index contributed by atoms with van der Waals surface area (Å²) in [5.74, 6) is -0.522. The average molecular weight is 222 g/mol. The van der Waals surface area contributed by atoms with Gasteiger partial charge in [0, 0.05) is 12.5 Å². The van der Waals surface area contributed by atoms with Crippen LogP contribution < -0.4 is 0 Å². The fraction of sp³-hybridized carbons (Fsp3) is 0.273. The van der Waals surface area contributed by atoms with E-state index in [0.717, 1.165) is 0 Å². The SMILES string of the molecule is O=C(/C=C/c1ccco1)OC1CCOC1=O. The molecule has 0 saturated carbocycles. The van der Waals surface area contributed by atoms with Crippen LogP contribution in [0, 0.1) is 0 Å². The summed E-state index contributed by atoms with van der Waals surface area (Å²) in [6.45, 7) is 0.304. The Hall–Kier alpha value is -2.04. The predicted molar refractivity (Wildman–Crippen MR) is 53.2 cm³/mol. The fourth-order valence-corrected chi connectivity index (χ4v) is 1.30. The molecule has 5 nitrogen and oxygen atoms in total. The summed E-state index contributed by atoms with van der Waals surface area (Å²) in [6.07, 6.45) is 3.83. The Bertz CT molecular complexity index is 404. The molecule has 1 aromatic heterocycles. The number of ether oxygens (including phenoxy) is 2. The standard InChI is InChI=1S/C11H10O5/c12-10(4-3-8-2-1-6-14-8)16-9-5-7-15-11(9)13/h1-4,6,9H,5,7H2/b4-3+. The molecule has 0 amide bonds. The van der Waals surface area contributed by atoms with Crippen LogP contribution in [0.5, 0.6) is 0 Å². The molecule has 5 heteroatoms. The van der Waals surface area contributed by atoms with E-state index in [2.05, 4.69) is 4.74 Å². The van der Waals surface area contributed by atoms with Gasteiger partial charge in [-0.15, -0.1) is 0 Å². The zero-order valence-corrected chi connectivity index (χ0v) is 8.42. The third-order valence-corrected chi connectivity index (χ3v) is 2.07. The van der Waals surface area contributed by atoms with Crippen LogP contribution in [0.15, 0.2) is 28.9 Å². The summed E-state index contributed by atoms with van der Waals surface area (Å²) >= 11 is 0. The minimum Gasteiger partial charge on any atom is -0.465 e. The highest BCUT2D eigenvalue weighted by molar-refractivity contribution is 5.89. The van der Waals surface area contributed by atoms with Gasteiger partial charge in [0.2, 0.25) is 6.10 Å². The second-order valence-corrected chi connectivity index (χ2v) is 3.23. The Morgan fingerprint density at radius 3 is 3.06 bits per heavy atom. The lowest BCUT2D eigenvalue weighted by molar-refractivity contribution is -0.156. The van der Waals surface area contributed by atoms with Gasteiger partial charge in [-0.3, -0.25) is 0 Å². The molecule has 2 rings (SSSR count). The van der Waals surface area contributed by atoms with Gasteiger partial charge < -0.3 is 13.9 Å². The molecule has 84 valence electrons. The molecule has 0 N–H and O–H groups in total. The first-order valence-corrected chi connectivity index (χ1v) is 4.84. The van der Waals surface area contributed by atoms with Crippen molar-refractivity contribution in [3.05, 3.63) is 30.2 Å². The van der Waals surface area contributed by atoms with E-state index in [1.54, 1.807) is 12.1 Å². The maximum atomic E-state index is 11.3. The van der Waals surface area contributed by atoms with Crippen LogP contribution in [0.1, 0.15) is 12.2 Å². The molecule has 0 bridgehead atoms. The molecule has 0 aliphatic carbocycles. The predicted octanol–water partition coefficient (Wildman–Crippen LogP) is 1.15. The molecule has 2 heterocycles. The van der Waals surface area contributed by atoms with E-state index >= 15 is 0 Å². The van der Waals surface area contributed by atoms with Gasteiger partial charge in [0.1, 0.15) is 5.76 Å². The summed E-state index contributed by atoms with van der Waals surface area (Å²) in [4.78, 5) is 22.3. The van der Waals surface area contributed by atoms with Crippen molar-refractivity contribution in [2.75, 3.05) is 6.61 Å². The van der Waals surface area contributed by atoms with Gasteiger partial charge in [0.05, 0.1) is 12.9 Å². The molecule has 1 fully saturated rings. The van der Waals surface area contributed by atoms with Gasteiger partial charge in [-0.05, 0) is 18.2 Å². The van der Waals surface area contributed by atoms with Crippen LogP contribution in [0.25, 0.3) is 6.08 Å². The lowest BCUT2D eigenvalue weighted by Gasteiger charge is -2.04. The van der Waals surface area contributed by atoms with Gasteiger partial charge in [0.15, 0.2) is 0 Å². The maximum absolute atomic E-state index is 11.3. The Labute approximate surface area is 91.6 Å². The van der Waals surface area contributed by atoms with Gasteiger partial charge in [-0.1, -0.05) is 0 Å². The number of esters is 2. The van der Waals surface area contributed by atoms with Crippen LogP contribution in [0.4, 0.5) is 0 Å². The van der Waals surface area contributed by atoms with Crippen molar-refractivity contribution < 1.29 is 23.5 Å². The smallest absolute Gasteiger partial charge is 0.347 e. The maximum Gasteiger partial charge on any atom is 0.347 e. The van der Waals surface area contributed by atoms with Crippen LogP contribution in [-0.4, -0.2) is 24.6 Å². The quantitative estimate of drug-likeness (QED) is 0.567. The zero-order chi connectivity index (χ0) is 11.4. The number of carbonyl (C=O) groups excluding carboxylic acids is 2. The van der Waals surface area contributed by atoms with Crippen molar-refractivity contribution in [1.29, 1.82) is 0 Å². The lowest BCUT2D eigenvalue weighted by atomic mass is 10.3. The van der Waals surface area contributed by atoms with Crippen LogP contribution in [-0.2, 0) is 19.1 Å². The molecular formula is C11H10O5. The summed E-state index contributed by atoms with van der Waals surface area (Å²) < 4.78 is 14.5. The third-order valence-electron chi connectivity index (χ3n) is 2.07. The van der Waals surface area contributed by atoms with Gasteiger partial charge in [-0.2, -0.15) is 0 Å². The Morgan fingerprint density at radius 1 is 1.56 bits per heavy atom. The van der Waals surface area contributed by atoms with Gasteiger partial charge in [0.25, 0.3) is 0 Å². The normalized spacial score (nSPS) is 20.0. The van der Waals surface area contributed by atoms with E-state index in [0.29, 0.717) is 18.8 Å². The molecule has 0 radical (unpaired) electrons. The average Bonchev–Trinajstić information content (AvgIpc) is 2.88. The Balaban J connectivity index is 1.87. The van der Waals surface area contributed by atoms with E-state index < -0.39 is 18.0 Å². The number of hydrogen-bond acceptors (Lipinski definition) is 5. The van der Waals surface area contributed by atoms with Crippen molar-refractivity contribution in [3.8, 4) is 0 Å². The summed E-state index contributed by atoms with van der Waals surface area (Å²) in [7, 11) is 0. The van der Waals surface area contributed by atoms with Crippen LogP contribution in [0.2, 0.25) is 0 Å². The molecule has 1 atom stereocenters. The van der Waals surface area contributed by atoms with Gasteiger partial charge >= 0.3 is 11.9 Å². The van der Waals surface area contributed by atoms with Crippen molar-refractivity contribution in [2.24, 2.45) is 0 Å². The third kappa shape index (κ3) is 2.50. The molecule has 1 aromatic rings. The van der Waals surface area contributed by atoms with E-state index in [9.17, 15) is 9.59 Å². The minimum atomic E-state index is -0.770. The summed E-state index contributed by atoms with van der Waals surface area (Å²) in [5.41, 5.74) is 0. The number of furan rings is 1. The molecule has 1 aliphatic rings. The molecule has 0 spiro atoms. The molecule has 0 aromatic carbocycles. The van der Waals surface area contributed by atoms with Crippen molar-refractivity contribution in [1.82, 2.24) is 0 Å². The topological polar surface area (TPSA) is 65.7 Å². The van der Waals surface area contributed by atoms with Crippen molar-refractivity contribution in [2.45, 2.75) is 12.5 Å². The van der Waals surface area contributed by atoms with Crippen molar-refractivity contribution >= 4 is 18.0 Å². The highest BCUT2D eigenvalue weighted by Crippen LogP contribution is 2.11. The second-order valence-electron chi connectivity index (χ2n) is 3.23. The molecule has 16 heavy (non-hydrogen) atoms. The van der Waals surface area contributed by atoms with Gasteiger partial charge in [-0.25, -0.2) is 9.59 Å². The van der Waals surface area contributed by atoms with E-state index in [1.807, 2.05) is 0 Å². The largest absolute Gasteiger partial charge is 0.465 e. The minimum absolute atomic E-state index is 0.304. The lowest BCUT2D eigenvalue weighted by Crippen LogP contribution is -2.21. The van der Waals surface area contributed by atoms with E-state index in [-0.39, 0.29) is 0 Å². The first-order valence-electron chi connectivity index (χ1n) is 4.84. The first-order chi connectivity index (χ1) is 7.75. The van der Waals surface area contributed by atoms with E-state index in [1.165, 1.54) is 18.4 Å². The number of hydrogen-bond donors (Lipinski definition) is 0. The van der Waals surface area contributed by atoms with Crippen LogP contribution in [0.3, 0.4) is 0 Å². The number of rotatable bonds is 3. The summed E-state index contributed by atoms with van der Waals surface area (Å²) in [5, 5.41) is 0. The first kappa shape index (κ1) is 10.5. The highest BCUT2D eigenvalue weighted by Gasteiger charge is 2.29. The van der Waals surface area contributed by atoms with Crippen molar-refractivity contribution in [3.63, 3.8) is 0 Å². The second kappa shape index (κ2) is 4.65. The zero-order valence-electron chi connectivity index (χ0n) is 8.42. The molecule has 1 saturated heterocycles.